The van der Waals surface area contributed by atoms with Gasteiger partial charge in [0.15, 0.2) is 5.78 Å². The molecule has 0 radical (unpaired) electrons. The lowest BCUT2D eigenvalue weighted by Gasteiger charge is -2.25. The summed E-state index contributed by atoms with van der Waals surface area (Å²) in [7, 11) is 0. The van der Waals surface area contributed by atoms with E-state index in [4.69, 9.17) is 4.74 Å². The Morgan fingerprint density at radius 1 is 1.24 bits per heavy atom. The normalized spacial score (nSPS) is 17.6. The van der Waals surface area contributed by atoms with Gasteiger partial charge in [0.25, 0.3) is 0 Å². The van der Waals surface area contributed by atoms with Gasteiger partial charge < -0.3 is 10.1 Å². The number of nitrogens with one attached hydrogen (secondary N) is 1. The molecular formula is C12H22N2O3. The van der Waals surface area contributed by atoms with Crippen molar-refractivity contribution in [2.24, 2.45) is 11.8 Å². The lowest BCUT2D eigenvalue weighted by Crippen LogP contribution is -2.50. The summed E-state index contributed by atoms with van der Waals surface area (Å²) in [5, 5.41) is 2.80. The minimum Gasteiger partial charge on any atom is -0.359 e. The molecule has 1 rings (SSSR count). The standard InChI is InChI=1S/C12H22N2O3/c1-8(2)10(11(15)9(3)4)13-12(16)14-5-6-17-7-14/h8-10H,5-7H2,1-4H3,(H,13,16). The van der Waals surface area contributed by atoms with Crippen molar-refractivity contribution in [3.63, 3.8) is 0 Å². The van der Waals surface area contributed by atoms with Crippen LogP contribution in [0.25, 0.3) is 0 Å². The number of nitrogens with zero attached hydrogens (tertiary/aromatic N) is 1. The van der Waals surface area contributed by atoms with Crippen LogP contribution in [0.2, 0.25) is 0 Å². The Balaban J connectivity index is 2.60. The van der Waals surface area contributed by atoms with Gasteiger partial charge in [-0.15, -0.1) is 0 Å². The summed E-state index contributed by atoms with van der Waals surface area (Å²) in [6.07, 6.45) is 0. The summed E-state index contributed by atoms with van der Waals surface area (Å²) in [5.74, 6) is 0.100. The van der Waals surface area contributed by atoms with Gasteiger partial charge in [-0.05, 0) is 5.92 Å². The Hall–Kier alpha value is -1.10. The van der Waals surface area contributed by atoms with Crippen molar-refractivity contribution in [3.8, 4) is 0 Å². The molecule has 1 heterocycles. The van der Waals surface area contributed by atoms with Gasteiger partial charge in [0.1, 0.15) is 6.73 Å². The molecule has 1 fully saturated rings. The maximum absolute atomic E-state index is 12.0. The van der Waals surface area contributed by atoms with Crippen LogP contribution in [0.1, 0.15) is 27.7 Å². The molecule has 0 spiro atoms. The maximum atomic E-state index is 12.0. The van der Waals surface area contributed by atoms with E-state index >= 15 is 0 Å². The molecule has 0 aromatic carbocycles. The number of amides is 2. The van der Waals surface area contributed by atoms with Crippen LogP contribution in [0.3, 0.4) is 0 Å². The van der Waals surface area contributed by atoms with Gasteiger partial charge in [0.2, 0.25) is 0 Å². The van der Waals surface area contributed by atoms with Crippen molar-refractivity contribution in [2.45, 2.75) is 33.7 Å². The second-order valence-electron chi connectivity index (χ2n) is 5.03. The molecule has 0 aliphatic carbocycles. The van der Waals surface area contributed by atoms with E-state index in [-0.39, 0.29) is 23.7 Å². The molecule has 2 amide bonds. The molecule has 17 heavy (non-hydrogen) atoms. The number of carbonyl (C=O) groups is 2. The van der Waals surface area contributed by atoms with Crippen LogP contribution in [-0.2, 0) is 9.53 Å². The average Bonchev–Trinajstić information content (AvgIpc) is 2.77. The van der Waals surface area contributed by atoms with Gasteiger partial charge in [0, 0.05) is 12.5 Å². The quantitative estimate of drug-likeness (QED) is 0.806. The molecule has 0 aromatic rings. The Bertz CT molecular complexity index is 283. The van der Waals surface area contributed by atoms with Gasteiger partial charge in [-0.2, -0.15) is 0 Å². The third kappa shape index (κ3) is 3.70. The predicted octanol–water partition coefficient (Wildman–Crippen LogP) is 1.24. The van der Waals surface area contributed by atoms with Gasteiger partial charge in [-0.3, -0.25) is 9.69 Å². The molecule has 1 saturated heterocycles. The van der Waals surface area contributed by atoms with Crippen molar-refractivity contribution >= 4 is 11.8 Å². The largest absolute Gasteiger partial charge is 0.359 e. The summed E-state index contributed by atoms with van der Waals surface area (Å²) in [6.45, 7) is 9.04. The second kappa shape index (κ2) is 6.00. The maximum Gasteiger partial charge on any atom is 0.319 e. The molecule has 1 N–H and O–H groups in total. The molecular weight excluding hydrogens is 220 g/mol. The van der Waals surface area contributed by atoms with E-state index in [9.17, 15) is 9.59 Å². The first-order chi connectivity index (χ1) is 7.93. The summed E-state index contributed by atoms with van der Waals surface area (Å²) < 4.78 is 5.11. The smallest absolute Gasteiger partial charge is 0.319 e. The van der Waals surface area contributed by atoms with E-state index < -0.39 is 6.04 Å². The molecule has 0 saturated carbocycles. The third-order valence-corrected chi connectivity index (χ3v) is 2.86. The molecule has 0 aromatic heterocycles. The van der Waals surface area contributed by atoms with Gasteiger partial charge in [-0.1, -0.05) is 27.7 Å². The zero-order valence-electron chi connectivity index (χ0n) is 11.0. The molecule has 0 bridgehead atoms. The van der Waals surface area contributed by atoms with Crippen molar-refractivity contribution in [1.82, 2.24) is 10.2 Å². The van der Waals surface area contributed by atoms with Crippen molar-refractivity contribution in [2.75, 3.05) is 19.9 Å². The summed E-state index contributed by atoms with van der Waals surface area (Å²) >= 11 is 0. The molecule has 1 aliphatic rings. The first-order valence-electron chi connectivity index (χ1n) is 6.10. The Kier molecular flexibility index (Phi) is 4.93. The van der Waals surface area contributed by atoms with Crippen LogP contribution < -0.4 is 5.32 Å². The van der Waals surface area contributed by atoms with Crippen LogP contribution in [0.5, 0.6) is 0 Å². The SMILES string of the molecule is CC(C)C(=O)C(NC(=O)N1CCOC1)C(C)C. The minimum absolute atomic E-state index is 0.0717. The fraction of sp³-hybridized carbons (Fsp3) is 0.833. The number of Topliss-reactive ketones (excluding diaryl/α,β-unsaturated/α-hetero) is 1. The molecule has 5 nitrogen and oxygen atoms in total. The third-order valence-electron chi connectivity index (χ3n) is 2.86. The fourth-order valence-corrected chi connectivity index (χ4v) is 1.72. The highest BCUT2D eigenvalue weighted by molar-refractivity contribution is 5.90. The predicted molar refractivity (Wildman–Crippen MR) is 64.5 cm³/mol. The summed E-state index contributed by atoms with van der Waals surface area (Å²) in [5.41, 5.74) is 0. The van der Waals surface area contributed by atoms with Crippen LogP contribution in [0.15, 0.2) is 0 Å². The van der Waals surface area contributed by atoms with E-state index in [1.165, 1.54) is 0 Å². The number of carbonyl (C=O) groups excluding carboxylic acids is 2. The monoisotopic (exact) mass is 242 g/mol. The van der Waals surface area contributed by atoms with Crippen molar-refractivity contribution < 1.29 is 14.3 Å². The Morgan fingerprint density at radius 2 is 1.88 bits per heavy atom. The highest BCUT2D eigenvalue weighted by atomic mass is 16.5. The van der Waals surface area contributed by atoms with Gasteiger partial charge in [-0.25, -0.2) is 4.79 Å². The zero-order chi connectivity index (χ0) is 13.0. The molecule has 1 unspecified atom stereocenters. The average molecular weight is 242 g/mol. The molecule has 5 heteroatoms. The second-order valence-corrected chi connectivity index (χ2v) is 5.03. The van der Waals surface area contributed by atoms with Gasteiger partial charge >= 0.3 is 6.03 Å². The van der Waals surface area contributed by atoms with E-state index in [1.807, 2.05) is 27.7 Å². The fourth-order valence-electron chi connectivity index (χ4n) is 1.72. The highest BCUT2D eigenvalue weighted by Crippen LogP contribution is 2.10. The summed E-state index contributed by atoms with van der Waals surface area (Å²) in [4.78, 5) is 25.4. The van der Waals surface area contributed by atoms with E-state index in [0.29, 0.717) is 19.9 Å². The van der Waals surface area contributed by atoms with Crippen LogP contribution in [0.4, 0.5) is 4.79 Å². The molecule has 1 aliphatic heterocycles. The summed E-state index contributed by atoms with van der Waals surface area (Å²) in [6, 6.07) is -0.627. The number of urea groups is 1. The lowest BCUT2D eigenvalue weighted by molar-refractivity contribution is -0.124. The van der Waals surface area contributed by atoms with Crippen molar-refractivity contribution in [3.05, 3.63) is 0 Å². The van der Waals surface area contributed by atoms with Crippen molar-refractivity contribution in [1.29, 1.82) is 0 Å². The number of ketones is 1. The minimum atomic E-state index is -0.414. The Morgan fingerprint density at radius 3 is 2.29 bits per heavy atom. The van der Waals surface area contributed by atoms with E-state index in [2.05, 4.69) is 5.32 Å². The number of hydrogen-bond donors (Lipinski definition) is 1. The number of hydrogen-bond acceptors (Lipinski definition) is 3. The van der Waals surface area contributed by atoms with E-state index in [1.54, 1.807) is 4.90 Å². The highest BCUT2D eigenvalue weighted by Gasteiger charge is 2.28. The zero-order valence-corrected chi connectivity index (χ0v) is 11.0. The van der Waals surface area contributed by atoms with Crippen LogP contribution >= 0.6 is 0 Å². The number of rotatable bonds is 4. The Labute approximate surface area is 102 Å². The first kappa shape index (κ1) is 14.0. The van der Waals surface area contributed by atoms with Crippen LogP contribution in [-0.4, -0.2) is 42.6 Å². The lowest BCUT2D eigenvalue weighted by atomic mass is 9.93. The first-order valence-corrected chi connectivity index (χ1v) is 6.10. The number of ether oxygens (including phenoxy) is 1. The van der Waals surface area contributed by atoms with E-state index in [0.717, 1.165) is 0 Å². The molecule has 1 atom stereocenters. The molecule has 98 valence electrons. The van der Waals surface area contributed by atoms with Gasteiger partial charge in [0.05, 0.1) is 12.6 Å². The topological polar surface area (TPSA) is 58.6 Å². The van der Waals surface area contributed by atoms with Crippen LogP contribution in [0, 0.1) is 11.8 Å².